The number of nitrogens with one attached hydrogen (secondary N) is 1. The smallest absolute Gasteiger partial charge is 0.0633 e. The molecule has 2 rings (SSSR count). The number of anilines is 1. The third-order valence-corrected chi connectivity index (χ3v) is 4.99. The highest BCUT2D eigenvalue weighted by Gasteiger charge is 2.13. The lowest BCUT2D eigenvalue weighted by molar-refractivity contribution is 0.868. The Morgan fingerprint density at radius 1 is 0.900 bits per heavy atom. The SMILES string of the molecule is Cc1cc(C)c(C(C)Nc2c(Br)cccc2Br)cc1C. The Balaban J connectivity index is 2.33. The Hall–Kier alpha value is -0.800. The van der Waals surface area contributed by atoms with E-state index >= 15 is 0 Å². The van der Waals surface area contributed by atoms with Crippen LogP contribution in [-0.4, -0.2) is 0 Å². The van der Waals surface area contributed by atoms with E-state index in [0.29, 0.717) is 0 Å². The fourth-order valence-electron chi connectivity index (χ4n) is 2.38. The van der Waals surface area contributed by atoms with Crippen molar-refractivity contribution in [1.29, 1.82) is 0 Å². The van der Waals surface area contributed by atoms with Gasteiger partial charge in [-0.2, -0.15) is 0 Å². The fourth-order valence-corrected chi connectivity index (χ4v) is 3.61. The molecule has 0 aliphatic carbocycles. The van der Waals surface area contributed by atoms with Crippen LogP contribution in [0.5, 0.6) is 0 Å². The van der Waals surface area contributed by atoms with Crippen molar-refractivity contribution in [3.8, 4) is 0 Å². The van der Waals surface area contributed by atoms with E-state index in [1.807, 2.05) is 18.2 Å². The number of rotatable bonds is 3. The summed E-state index contributed by atoms with van der Waals surface area (Å²) in [5.41, 5.74) is 6.45. The summed E-state index contributed by atoms with van der Waals surface area (Å²) in [4.78, 5) is 0. The minimum Gasteiger partial charge on any atom is -0.377 e. The van der Waals surface area contributed by atoms with Gasteiger partial charge in [0.25, 0.3) is 0 Å². The lowest BCUT2D eigenvalue weighted by atomic mass is 9.96. The largest absolute Gasteiger partial charge is 0.377 e. The third-order valence-electron chi connectivity index (χ3n) is 3.67. The van der Waals surface area contributed by atoms with Crippen LogP contribution in [0.1, 0.15) is 35.2 Å². The molecule has 1 nitrogen and oxygen atoms in total. The molecule has 0 spiro atoms. The zero-order valence-electron chi connectivity index (χ0n) is 12.2. The van der Waals surface area contributed by atoms with Crippen molar-refractivity contribution >= 4 is 37.5 Å². The van der Waals surface area contributed by atoms with Crippen LogP contribution < -0.4 is 5.32 Å². The van der Waals surface area contributed by atoms with Gasteiger partial charge in [-0.1, -0.05) is 18.2 Å². The molecule has 2 aromatic rings. The van der Waals surface area contributed by atoms with Crippen LogP contribution in [0, 0.1) is 20.8 Å². The zero-order valence-corrected chi connectivity index (χ0v) is 15.4. The fraction of sp³-hybridized carbons (Fsp3) is 0.294. The van der Waals surface area contributed by atoms with Gasteiger partial charge in [-0.25, -0.2) is 0 Å². The number of para-hydroxylation sites is 1. The van der Waals surface area contributed by atoms with Gasteiger partial charge in [0.15, 0.2) is 0 Å². The zero-order chi connectivity index (χ0) is 14.9. The summed E-state index contributed by atoms with van der Waals surface area (Å²) in [7, 11) is 0. The second-order valence-corrected chi connectivity index (χ2v) is 6.96. The van der Waals surface area contributed by atoms with Crippen molar-refractivity contribution in [2.45, 2.75) is 33.7 Å². The second kappa shape index (κ2) is 6.31. The molecule has 0 saturated carbocycles. The molecule has 106 valence electrons. The molecule has 1 atom stereocenters. The molecular weight excluding hydrogens is 378 g/mol. The summed E-state index contributed by atoms with van der Waals surface area (Å²) in [6.45, 7) is 8.70. The van der Waals surface area contributed by atoms with Gasteiger partial charge in [0.2, 0.25) is 0 Å². The molecule has 3 heteroatoms. The lowest BCUT2D eigenvalue weighted by Crippen LogP contribution is -2.10. The molecule has 0 saturated heterocycles. The van der Waals surface area contributed by atoms with E-state index in [4.69, 9.17) is 0 Å². The van der Waals surface area contributed by atoms with Gasteiger partial charge in [-0.3, -0.25) is 0 Å². The summed E-state index contributed by atoms with van der Waals surface area (Å²) in [6, 6.07) is 10.9. The quantitative estimate of drug-likeness (QED) is 0.640. The van der Waals surface area contributed by atoms with E-state index in [9.17, 15) is 0 Å². The molecule has 0 aliphatic heterocycles. The Labute approximate surface area is 138 Å². The Morgan fingerprint density at radius 2 is 1.45 bits per heavy atom. The molecule has 0 bridgehead atoms. The average Bonchev–Trinajstić information content (AvgIpc) is 2.38. The highest BCUT2D eigenvalue weighted by Crippen LogP contribution is 2.34. The van der Waals surface area contributed by atoms with Gasteiger partial charge in [0.1, 0.15) is 0 Å². The molecule has 0 aromatic heterocycles. The minimum atomic E-state index is 0.254. The summed E-state index contributed by atoms with van der Waals surface area (Å²) in [6.07, 6.45) is 0. The molecule has 1 N–H and O–H groups in total. The van der Waals surface area contributed by atoms with Crippen LogP contribution in [0.3, 0.4) is 0 Å². The Kier molecular flexibility index (Phi) is 4.92. The van der Waals surface area contributed by atoms with Gasteiger partial charge in [0, 0.05) is 15.0 Å². The topological polar surface area (TPSA) is 12.0 Å². The molecule has 20 heavy (non-hydrogen) atoms. The van der Waals surface area contributed by atoms with Gasteiger partial charge >= 0.3 is 0 Å². The van der Waals surface area contributed by atoms with Crippen LogP contribution in [0.4, 0.5) is 5.69 Å². The van der Waals surface area contributed by atoms with E-state index in [-0.39, 0.29) is 6.04 Å². The summed E-state index contributed by atoms with van der Waals surface area (Å²) in [5.74, 6) is 0. The van der Waals surface area contributed by atoms with Gasteiger partial charge in [-0.05, 0) is 93.9 Å². The molecule has 0 amide bonds. The van der Waals surface area contributed by atoms with Crippen molar-refractivity contribution in [3.63, 3.8) is 0 Å². The number of benzene rings is 2. The van der Waals surface area contributed by atoms with Crippen molar-refractivity contribution in [1.82, 2.24) is 0 Å². The molecular formula is C17H19Br2N. The van der Waals surface area contributed by atoms with Crippen molar-refractivity contribution < 1.29 is 0 Å². The first kappa shape index (κ1) is 15.6. The number of aryl methyl sites for hydroxylation is 3. The Bertz CT molecular complexity index is 615. The van der Waals surface area contributed by atoms with E-state index < -0.39 is 0 Å². The molecule has 1 unspecified atom stereocenters. The van der Waals surface area contributed by atoms with Crippen LogP contribution in [-0.2, 0) is 0 Å². The van der Waals surface area contributed by atoms with Crippen molar-refractivity contribution in [2.24, 2.45) is 0 Å². The standard InChI is InChI=1S/C17H19Br2N/c1-10-8-12(3)14(9-11(10)2)13(4)20-17-15(18)6-5-7-16(17)19/h5-9,13,20H,1-4H3. The van der Waals surface area contributed by atoms with E-state index in [0.717, 1.165) is 14.6 Å². The summed E-state index contributed by atoms with van der Waals surface area (Å²) >= 11 is 7.20. The van der Waals surface area contributed by atoms with Crippen molar-refractivity contribution in [2.75, 3.05) is 5.32 Å². The highest BCUT2D eigenvalue weighted by molar-refractivity contribution is 9.11. The first-order chi connectivity index (χ1) is 9.40. The third kappa shape index (κ3) is 3.26. The summed E-state index contributed by atoms with van der Waals surface area (Å²) < 4.78 is 2.14. The van der Waals surface area contributed by atoms with Gasteiger partial charge in [-0.15, -0.1) is 0 Å². The average molecular weight is 397 g/mol. The molecule has 2 aromatic carbocycles. The van der Waals surface area contributed by atoms with E-state index in [1.54, 1.807) is 0 Å². The van der Waals surface area contributed by atoms with Crippen LogP contribution in [0.2, 0.25) is 0 Å². The van der Waals surface area contributed by atoms with Gasteiger partial charge in [0.05, 0.1) is 5.69 Å². The van der Waals surface area contributed by atoms with Crippen LogP contribution in [0.15, 0.2) is 39.3 Å². The van der Waals surface area contributed by atoms with Crippen LogP contribution >= 0.6 is 31.9 Å². The number of hydrogen-bond acceptors (Lipinski definition) is 1. The maximum atomic E-state index is 3.60. The Morgan fingerprint density at radius 3 is 2.05 bits per heavy atom. The first-order valence-corrected chi connectivity index (χ1v) is 8.27. The lowest BCUT2D eigenvalue weighted by Gasteiger charge is -2.21. The molecule has 0 fully saturated rings. The van der Waals surface area contributed by atoms with Crippen molar-refractivity contribution in [3.05, 3.63) is 61.5 Å². The number of hydrogen-bond donors (Lipinski definition) is 1. The summed E-state index contributed by atoms with van der Waals surface area (Å²) in [5, 5.41) is 3.59. The van der Waals surface area contributed by atoms with Gasteiger partial charge < -0.3 is 5.32 Å². The molecule has 0 heterocycles. The predicted octanol–water partition coefficient (Wildman–Crippen LogP) is 6.31. The molecule has 0 radical (unpaired) electrons. The second-order valence-electron chi connectivity index (χ2n) is 5.26. The first-order valence-electron chi connectivity index (χ1n) is 6.68. The normalized spacial score (nSPS) is 12.3. The maximum Gasteiger partial charge on any atom is 0.0633 e. The highest BCUT2D eigenvalue weighted by atomic mass is 79.9. The van der Waals surface area contributed by atoms with Crippen LogP contribution in [0.25, 0.3) is 0 Å². The monoisotopic (exact) mass is 395 g/mol. The van der Waals surface area contributed by atoms with E-state index in [1.165, 1.54) is 22.3 Å². The van der Waals surface area contributed by atoms with E-state index in [2.05, 4.69) is 77.0 Å². The maximum absolute atomic E-state index is 3.60. The molecule has 0 aliphatic rings. The predicted molar refractivity (Wildman–Crippen MR) is 94.5 cm³/mol. The number of halogens is 2. The minimum absolute atomic E-state index is 0.254.